The van der Waals surface area contributed by atoms with Gasteiger partial charge in [-0.05, 0) is 29.5 Å². The lowest BCUT2D eigenvalue weighted by Crippen LogP contribution is -2.19. The van der Waals surface area contributed by atoms with Crippen molar-refractivity contribution < 1.29 is 9.53 Å². The van der Waals surface area contributed by atoms with Gasteiger partial charge >= 0.3 is 5.97 Å². The van der Waals surface area contributed by atoms with Gasteiger partial charge in [0, 0.05) is 4.47 Å². The van der Waals surface area contributed by atoms with E-state index in [1.54, 1.807) is 0 Å². The van der Waals surface area contributed by atoms with Gasteiger partial charge in [-0.2, -0.15) is 0 Å². The van der Waals surface area contributed by atoms with Gasteiger partial charge in [0.2, 0.25) is 0 Å². The minimum Gasteiger partial charge on any atom is -0.465 e. The Bertz CT molecular complexity index is 417. The van der Waals surface area contributed by atoms with Gasteiger partial charge in [0.1, 0.15) is 0 Å². The molecule has 0 saturated heterocycles. The van der Waals surface area contributed by atoms with Crippen LogP contribution in [0.4, 0.5) is 0 Å². The second kappa shape index (κ2) is 4.58. The molecule has 0 unspecified atom stereocenters. The van der Waals surface area contributed by atoms with Crippen molar-refractivity contribution in [2.75, 3.05) is 7.11 Å². The van der Waals surface area contributed by atoms with Crippen LogP contribution in [0.25, 0.3) is 0 Å². The van der Waals surface area contributed by atoms with Gasteiger partial charge in [0.25, 0.3) is 0 Å². The van der Waals surface area contributed by atoms with Crippen LogP contribution in [0.3, 0.4) is 0 Å². The zero-order valence-electron chi connectivity index (χ0n) is 10.3. The van der Waals surface area contributed by atoms with Crippen molar-refractivity contribution >= 4 is 21.9 Å². The Balaban J connectivity index is 3.56. The van der Waals surface area contributed by atoms with Crippen molar-refractivity contribution in [3.8, 4) is 0 Å². The quantitative estimate of drug-likeness (QED) is 0.733. The number of rotatable bonds is 1. The molecule has 0 bridgehead atoms. The monoisotopic (exact) mass is 284 g/mol. The largest absolute Gasteiger partial charge is 0.465 e. The van der Waals surface area contributed by atoms with Crippen LogP contribution in [0, 0.1) is 6.92 Å². The zero-order valence-corrected chi connectivity index (χ0v) is 11.9. The molecule has 0 radical (unpaired) electrons. The summed E-state index contributed by atoms with van der Waals surface area (Å²) in [6.07, 6.45) is 0. The maximum atomic E-state index is 11.8. The fraction of sp³-hybridized carbons (Fsp3) is 0.462. The normalized spacial score (nSPS) is 11.4. The van der Waals surface area contributed by atoms with Gasteiger partial charge in [0.15, 0.2) is 0 Å². The number of carbonyl (C=O) groups excluding carboxylic acids is 1. The van der Waals surface area contributed by atoms with Crippen molar-refractivity contribution in [1.82, 2.24) is 0 Å². The first-order chi connectivity index (χ1) is 7.29. The fourth-order valence-corrected chi connectivity index (χ4v) is 2.70. The van der Waals surface area contributed by atoms with Gasteiger partial charge in [-0.25, -0.2) is 4.79 Å². The summed E-state index contributed by atoms with van der Waals surface area (Å²) in [6.45, 7) is 8.17. The van der Waals surface area contributed by atoms with E-state index in [0.717, 1.165) is 15.6 Å². The molecule has 0 aliphatic rings. The highest BCUT2D eigenvalue weighted by Gasteiger charge is 2.26. The molecular weight excluding hydrogens is 268 g/mol. The summed E-state index contributed by atoms with van der Waals surface area (Å²) in [6, 6.07) is 3.90. The predicted molar refractivity (Wildman–Crippen MR) is 68.9 cm³/mol. The molecule has 0 spiro atoms. The number of methoxy groups -OCH3 is 1. The van der Waals surface area contributed by atoms with Crippen LogP contribution in [-0.2, 0) is 10.2 Å². The Morgan fingerprint density at radius 2 is 1.88 bits per heavy atom. The average molecular weight is 285 g/mol. The fourth-order valence-electron chi connectivity index (χ4n) is 1.78. The summed E-state index contributed by atoms with van der Waals surface area (Å²) >= 11 is 3.51. The maximum Gasteiger partial charge on any atom is 0.338 e. The summed E-state index contributed by atoms with van der Waals surface area (Å²) in [5, 5.41) is 0. The summed E-state index contributed by atoms with van der Waals surface area (Å²) in [5.74, 6) is -0.274. The van der Waals surface area contributed by atoms with E-state index >= 15 is 0 Å². The van der Waals surface area contributed by atoms with Gasteiger partial charge in [-0.15, -0.1) is 0 Å². The molecule has 88 valence electrons. The molecule has 0 aliphatic heterocycles. The lowest BCUT2D eigenvalue weighted by molar-refractivity contribution is 0.0597. The number of hydrogen-bond acceptors (Lipinski definition) is 2. The van der Waals surface area contributed by atoms with E-state index in [1.165, 1.54) is 7.11 Å². The number of aryl methyl sites for hydroxylation is 1. The van der Waals surface area contributed by atoms with Gasteiger partial charge in [-0.3, -0.25) is 0 Å². The second-order valence-electron chi connectivity index (χ2n) is 4.86. The molecular formula is C13H17BrO2. The third kappa shape index (κ3) is 2.46. The first-order valence-electron chi connectivity index (χ1n) is 5.17. The molecule has 3 heteroatoms. The molecule has 1 rings (SSSR count). The van der Waals surface area contributed by atoms with Crippen LogP contribution < -0.4 is 0 Å². The lowest BCUT2D eigenvalue weighted by Gasteiger charge is -2.24. The van der Waals surface area contributed by atoms with Crippen molar-refractivity contribution in [2.45, 2.75) is 33.1 Å². The molecule has 0 N–H and O–H groups in total. The summed E-state index contributed by atoms with van der Waals surface area (Å²) in [5.41, 5.74) is 2.51. The molecule has 0 fully saturated rings. The van der Waals surface area contributed by atoms with Crippen LogP contribution in [0.2, 0.25) is 0 Å². The SMILES string of the molecule is COC(=O)c1c(C)ccc(Br)c1C(C)(C)C. The first kappa shape index (κ1) is 13.2. The minimum absolute atomic E-state index is 0.103. The highest BCUT2D eigenvalue weighted by atomic mass is 79.9. The van der Waals surface area contributed by atoms with Crippen molar-refractivity contribution in [3.63, 3.8) is 0 Å². The Labute approximate surface area is 105 Å². The van der Waals surface area contributed by atoms with Crippen LogP contribution in [0.1, 0.15) is 42.3 Å². The van der Waals surface area contributed by atoms with Crippen LogP contribution in [-0.4, -0.2) is 13.1 Å². The van der Waals surface area contributed by atoms with Gasteiger partial charge in [-0.1, -0.05) is 42.8 Å². The molecule has 0 amide bonds. The molecule has 0 heterocycles. The minimum atomic E-state index is -0.274. The van der Waals surface area contributed by atoms with Crippen LogP contribution in [0.15, 0.2) is 16.6 Å². The number of carbonyl (C=O) groups is 1. The third-order valence-electron chi connectivity index (χ3n) is 2.50. The summed E-state index contributed by atoms with van der Waals surface area (Å²) in [7, 11) is 1.41. The Hall–Kier alpha value is -0.830. The predicted octanol–water partition coefficient (Wildman–Crippen LogP) is 3.84. The lowest BCUT2D eigenvalue weighted by atomic mass is 9.82. The molecule has 1 aromatic rings. The smallest absolute Gasteiger partial charge is 0.338 e. The van der Waals surface area contributed by atoms with Crippen molar-refractivity contribution in [3.05, 3.63) is 33.3 Å². The average Bonchev–Trinajstić information content (AvgIpc) is 2.18. The highest BCUT2D eigenvalue weighted by molar-refractivity contribution is 9.10. The standard InChI is InChI=1S/C13H17BrO2/c1-8-6-7-9(14)11(13(2,3)4)10(8)12(15)16-5/h6-7H,1-5H3. The first-order valence-corrected chi connectivity index (χ1v) is 5.96. The van der Waals surface area contributed by atoms with E-state index in [4.69, 9.17) is 4.74 Å². The Kier molecular flexibility index (Phi) is 3.79. The summed E-state index contributed by atoms with van der Waals surface area (Å²) in [4.78, 5) is 11.8. The van der Waals surface area contributed by atoms with Crippen LogP contribution in [0.5, 0.6) is 0 Å². The summed E-state index contributed by atoms with van der Waals surface area (Å²) < 4.78 is 5.80. The number of benzene rings is 1. The molecule has 0 atom stereocenters. The van der Waals surface area contributed by atoms with E-state index < -0.39 is 0 Å². The zero-order chi connectivity index (χ0) is 12.5. The van der Waals surface area contributed by atoms with Crippen LogP contribution >= 0.6 is 15.9 Å². The number of ether oxygens (including phenoxy) is 1. The number of halogens is 1. The molecule has 0 aromatic heterocycles. The molecule has 2 nitrogen and oxygen atoms in total. The van der Waals surface area contributed by atoms with Gasteiger partial charge < -0.3 is 4.74 Å². The third-order valence-corrected chi connectivity index (χ3v) is 3.16. The maximum absolute atomic E-state index is 11.8. The van der Waals surface area contributed by atoms with E-state index in [2.05, 4.69) is 36.7 Å². The molecule has 0 saturated carbocycles. The van der Waals surface area contributed by atoms with E-state index in [9.17, 15) is 4.79 Å². The molecule has 16 heavy (non-hydrogen) atoms. The number of hydrogen-bond donors (Lipinski definition) is 0. The van der Waals surface area contributed by atoms with E-state index in [0.29, 0.717) is 5.56 Å². The topological polar surface area (TPSA) is 26.3 Å². The van der Waals surface area contributed by atoms with Gasteiger partial charge in [0.05, 0.1) is 12.7 Å². The highest BCUT2D eigenvalue weighted by Crippen LogP contribution is 2.34. The molecule has 0 aliphatic carbocycles. The molecule has 1 aromatic carbocycles. The van der Waals surface area contributed by atoms with Crippen molar-refractivity contribution in [1.29, 1.82) is 0 Å². The number of esters is 1. The van der Waals surface area contributed by atoms with Crippen molar-refractivity contribution in [2.24, 2.45) is 0 Å². The Morgan fingerprint density at radius 1 is 1.31 bits per heavy atom. The second-order valence-corrected chi connectivity index (χ2v) is 5.71. The van der Waals surface area contributed by atoms with E-state index in [-0.39, 0.29) is 11.4 Å². The van der Waals surface area contributed by atoms with E-state index in [1.807, 2.05) is 19.1 Å². The Morgan fingerprint density at radius 3 is 2.31 bits per heavy atom.